The molecule has 34 heavy (non-hydrogen) atoms. The van der Waals surface area contributed by atoms with Crippen LogP contribution in [0.25, 0.3) is 17.1 Å². The molecule has 5 rings (SSSR count). The quantitative estimate of drug-likeness (QED) is 0.461. The average Bonchev–Trinajstić information content (AvgIpc) is 3.59. The van der Waals surface area contributed by atoms with Crippen molar-refractivity contribution < 1.29 is 9.90 Å². The second-order valence-corrected chi connectivity index (χ2v) is 8.78. The van der Waals surface area contributed by atoms with Gasteiger partial charge in [0.2, 0.25) is 0 Å². The van der Waals surface area contributed by atoms with Crippen molar-refractivity contribution in [2.75, 3.05) is 0 Å². The van der Waals surface area contributed by atoms with Crippen LogP contribution in [0.2, 0.25) is 0 Å². The van der Waals surface area contributed by atoms with Crippen molar-refractivity contribution in [1.82, 2.24) is 34.8 Å². The number of aliphatic hydroxyl groups is 1. The van der Waals surface area contributed by atoms with Crippen LogP contribution in [0.15, 0.2) is 55.2 Å². The van der Waals surface area contributed by atoms with Crippen LogP contribution in [-0.4, -0.2) is 52.7 Å². The highest BCUT2D eigenvalue weighted by molar-refractivity contribution is 5.93. The van der Waals surface area contributed by atoms with Gasteiger partial charge in [-0.05, 0) is 67.5 Å². The molecule has 1 aliphatic rings. The summed E-state index contributed by atoms with van der Waals surface area (Å²) in [5.74, 6) is 0.324. The summed E-state index contributed by atoms with van der Waals surface area (Å²) in [7, 11) is 1.88. The lowest BCUT2D eigenvalue weighted by Gasteiger charge is -2.18. The lowest BCUT2D eigenvalue weighted by atomic mass is 10.0. The van der Waals surface area contributed by atoms with E-state index < -0.39 is 6.10 Å². The van der Waals surface area contributed by atoms with Crippen LogP contribution in [0.1, 0.15) is 46.4 Å². The Morgan fingerprint density at radius 1 is 1.24 bits per heavy atom. The standard InChI is InChI=1S/C25H27N7O2/c1-16-18(11-17-7-8-20(26-13-17)19-14-28-31(2)15-19)12-22(29-24(16)32-10-4-9-27-32)25(34)30-21-5-3-6-23(21)33/h4,7-10,12-15,21,23,33H,3,5-6,11H2,1-2H3,(H,30,34)/t21-,23-/m0/s1. The summed E-state index contributed by atoms with van der Waals surface area (Å²) in [6.45, 7) is 1.99. The normalized spacial score (nSPS) is 17.7. The van der Waals surface area contributed by atoms with Gasteiger partial charge in [0.15, 0.2) is 5.82 Å². The molecule has 1 saturated carbocycles. The van der Waals surface area contributed by atoms with Gasteiger partial charge < -0.3 is 10.4 Å². The molecule has 2 atom stereocenters. The largest absolute Gasteiger partial charge is 0.391 e. The lowest BCUT2D eigenvalue weighted by Crippen LogP contribution is -2.40. The number of rotatable bonds is 6. The maximum atomic E-state index is 13.1. The lowest BCUT2D eigenvalue weighted by molar-refractivity contribution is 0.0868. The van der Waals surface area contributed by atoms with Crippen LogP contribution in [0.5, 0.6) is 0 Å². The first-order valence-corrected chi connectivity index (χ1v) is 11.4. The maximum Gasteiger partial charge on any atom is 0.270 e. The fourth-order valence-corrected chi connectivity index (χ4v) is 4.39. The highest BCUT2D eigenvalue weighted by atomic mass is 16.3. The molecule has 0 aromatic carbocycles. The number of carbonyl (C=O) groups is 1. The molecule has 0 spiro atoms. The second kappa shape index (κ2) is 9.18. The molecule has 1 aliphatic carbocycles. The first kappa shape index (κ1) is 22.0. The van der Waals surface area contributed by atoms with E-state index >= 15 is 0 Å². The van der Waals surface area contributed by atoms with Crippen molar-refractivity contribution in [1.29, 1.82) is 0 Å². The molecule has 0 aliphatic heterocycles. The fraction of sp³-hybridized carbons (Fsp3) is 0.320. The molecule has 2 N–H and O–H groups in total. The van der Waals surface area contributed by atoms with Crippen LogP contribution < -0.4 is 5.32 Å². The molecule has 1 fully saturated rings. The second-order valence-electron chi connectivity index (χ2n) is 8.78. The summed E-state index contributed by atoms with van der Waals surface area (Å²) in [6, 6.07) is 7.43. The number of nitrogens with one attached hydrogen (secondary N) is 1. The molecular formula is C25H27N7O2. The maximum absolute atomic E-state index is 13.1. The van der Waals surface area contributed by atoms with Crippen molar-refractivity contribution >= 4 is 5.91 Å². The highest BCUT2D eigenvalue weighted by Gasteiger charge is 2.28. The summed E-state index contributed by atoms with van der Waals surface area (Å²) in [5.41, 5.74) is 5.06. The van der Waals surface area contributed by atoms with Gasteiger partial charge in [0.05, 0.1) is 24.0 Å². The van der Waals surface area contributed by atoms with E-state index in [1.165, 1.54) is 0 Å². The minimum absolute atomic E-state index is 0.239. The van der Waals surface area contributed by atoms with E-state index in [0.29, 0.717) is 24.4 Å². The van der Waals surface area contributed by atoms with E-state index in [1.54, 1.807) is 21.8 Å². The van der Waals surface area contributed by atoms with Gasteiger partial charge in [-0.2, -0.15) is 10.2 Å². The Balaban J connectivity index is 1.45. The predicted molar refractivity (Wildman–Crippen MR) is 126 cm³/mol. The summed E-state index contributed by atoms with van der Waals surface area (Å²) in [4.78, 5) is 22.3. The van der Waals surface area contributed by atoms with Crippen LogP contribution >= 0.6 is 0 Å². The van der Waals surface area contributed by atoms with E-state index in [0.717, 1.165) is 40.8 Å². The fourth-order valence-electron chi connectivity index (χ4n) is 4.39. The van der Waals surface area contributed by atoms with Crippen molar-refractivity contribution in [3.8, 4) is 17.1 Å². The van der Waals surface area contributed by atoms with Crippen LogP contribution in [0.3, 0.4) is 0 Å². The number of aliphatic hydroxyl groups excluding tert-OH is 1. The number of aromatic nitrogens is 6. The molecular weight excluding hydrogens is 430 g/mol. The summed E-state index contributed by atoms with van der Waals surface area (Å²) >= 11 is 0. The Hall–Kier alpha value is -3.85. The third kappa shape index (κ3) is 4.47. The number of amides is 1. The SMILES string of the molecule is Cc1c(Cc2ccc(-c3cnn(C)c3)nc2)cc(C(=O)N[C@H]2CCC[C@@H]2O)nc1-n1cccn1. The van der Waals surface area contributed by atoms with Gasteiger partial charge in [0.1, 0.15) is 5.69 Å². The topological polar surface area (TPSA) is 111 Å². The third-order valence-electron chi connectivity index (χ3n) is 6.32. The Kier molecular flexibility index (Phi) is 5.93. The number of nitrogens with zero attached hydrogens (tertiary/aromatic N) is 6. The molecule has 9 heteroatoms. The number of hydrogen-bond donors (Lipinski definition) is 2. The van der Waals surface area contributed by atoms with Gasteiger partial charge in [-0.1, -0.05) is 6.07 Å². The predicted octanol–water partition coefficient (Wildman–Crippen LogP) is 2.61. The van der Waals surface area contributed by atoms with Gasteiger partial charge in [-0.15, -0.1) is 0 Å². The van der Waals surface area contributed by atoms with Crippen LogP contribution in [0.4, 0.5) is 0 Å². The zero-order valence-corrected chi connectivity index (χ0v) is 19.2. The molecule has 174 valence electrons. The van der Waals surface area contributed by atoms with Gasteiger partial charge in [0.25, 0.3) is 5.91 Å². The Labute approximate surface area is 197 Å². The molecule has 0 bridgehead atoms. The van der Waals surface area contributed by atoms with E-state index in [2.05, 4.69) is 25.5 Å². The third-order valence-corrected chi connectivity index (χ3v) is 6.32. The number of aryl methyl sites for hydroxylation is 1. The van der Waals surface area contributed by atoms with Gasteiger partial charge in [-0.3, -0.25) is 14.5 Å². The van der Waals surface area contributed by atoms with Crippen LogP contribution in [0, 0.1) is 6.92 Å². The van der Waals surface area contributed by atoms with Gasteiger partial charge >= 0.3 is 0 Å². The molecule has 4 aromatic rings. The van der Waals surface area contributed by atoms with E-state index in [1.807, 2.05) is 56.8 Å². The monoisotopic (exact) mass is 457 g/mol. The van der Waals surface area contributed by atoms with Crippen molar-refractivity contribution in [2.24, 2.45) is 7.05 Å². The Morgan fingerprint density at radius 3 is 2.76 bits per heavy atom. The van der Waals surface area contributed by atoms with Crippen LogP contribution in [-0.2, 0) is 13.5 Å². The molecule has 0 saturated heterocycles. The molecule has 0 radical (unpaired) electrons. The minimum Gasteiger partial charge on any atom is -0.391 e. The minimum atomic E-state index is -0.510. The number of pyridine rings is 2. The first-order chi connectivity index (χ1) is 16.5. The van der Waals surface area contributed by atoms with Crippen molar-refractivity contribution in [3.05, 3.63) is 77.6 Å². The number of hydrogen-bond acceptors (Lipinski definition) is 6. The summed E-state index contributed by atoms with van der Waals surface area (Å²) in [6.07, 6.45) is 11.5. The summed E-state index contributed by atoms with van der Waals surface area (Å²) < 4.78 is 3.42. The van der Waals surface area contributed by atoms with E-state index in [4.69, 9.17) is 0 Å². The molecule has 0 unspecified atom stereocenters. The number of carbonyl (C=O) groups excluding carboxylic acids is 1. The van der Waals surface area contributed by atoms with E-state index in [-0.39, 0.29) is 11.9 Å². The smallest absolute Gasteiger partial charge is 0.270 e. The Morgan fingerprint density at radius 2 is 2.12 bits per heavy atom. The van der Waals surface area contributed by atoms with E-state index in [9.17, 15) is 9.90 Å². The molecule has 4 aromatic heterocycles. The van der Waals surface area contributed by atoms with Crippen molar-refractivity contribution in [3.63, 3.8) is 0 Å². The molecule has 9 nitrogen and oxygen atoms in total. The zero-order chi connectivity index (χ0) is 23.7. The zero-order valence-electron chi connectivity index (χ0n) is 19.2. The first-order valence-electron chi connectivity index (χ1n) is 11.4. The van der Waals surface area contributed by atoms with Crippen molar-refractivity contribution in [2.45, 2.75) is 44.8 Å². The molecule has 4 heterocycles. The average molecular weight is 458 g/mol. The summed E-state index contributed by atoms with van der Waals surface area (Å²) in [5, 5.41) is 21.6. The Bertz CT molecular complexity index is 1300. The highest BCUT2D eigenvalue weighted by Crippen LogP contribution is 2.23. The van der Waals surface area contributed by atoms with Gasteiger partial charge in [-0.25, -0.2) is 9.67 Å². The van der Waals surface area contributed by atoms with Gasteiger partial charge in [0, 0.05) is 37.4 Å². The molecule has 1 amide bonds.